The second-order valence-corrected chi connectivity index (χ2v) is 6.43. The molecule has 0 aromatic heterocycles. The van der Waals surface area contributed by atoms with E-state index in [0.717, 1.165) is 64.2 Å². The number of nitrogens with one attached hydrogen (secondary N) is 2. The van der Waals surface area contributed by atoms with Gasteiger partial charge in [-0.25, -0.2) is 0 Å². The minimum Gasteiger partial charge on any atom is -0.340 e. The molecule has 2 N–H and O–H groups in total. The van der Waals surface area contributed by atoms with Crippen LogP contribution < -0.4 is 10.6 Å². The van der Waals surface area contributed by atoms with Crippen molar-refractivity contribution in [3.05, 3.63) is 63.2 Å². The molecular formula is C20H26FeN4O2+2. The van der Waals surface area contributed by atoms with Crippen LogP contribution in [0.2, 0.25) is 0 Å². The molecule has 2 aliphatic carbocycles. The van der Waals surface area contributed by atoms with Crippen molar-refractivity contribution >= 4 is 11.8 Å². The Labute approximate surface area is 174 Å². The van der Waals surface area contributed by atoms with Gasteiger partial charge in [-0.1, -0.05) is 0 Å². The Morgan fingerprint density at radius 1 is 0.630 bits per heavy atom. The molecule has 4 aliphatic rings. The Hall–Kier alpha value is -0.621. The van der Waals surface area contributed by atoms with Crippen molar-refractivity contribution in [1.82, 2.24) is 20.4 Å². The number of amides is 2. The van der Waals surface area contributed by atoms with E-state index in [9.17, 15) is 9.59 Å². The van der Waals surface area contributed by atoms with Crippen LogP contribution in [0.25, 0.3) is 0 Å². The van der Waals surface area contributed by atoms with Gasteiger partial charge in [-0.15, -0.1) is 0 Å². The Bertz CT molecular complexity index is 411. The maximum absolute atomic E-state index is 11.8. The van der Waals surface area contributed by atoms with Gasteiger partial charge >= 0.3 is 17.1 Å². The van der Waals surface area contributed by atoms with E-state index in [-0.39, 0.29) is 28.9 Å². The summed E-state index contributed by atoms with van der Waals surface area (Å²) in [5.41, 5.74) is 0. The molecular weight excluding hydrogens is 384 g/mol. The van der Waals surface area contributed by atoms with E-state index in [1.807, 2.05) is 61.2 Å². The van der Waals surface area contributed by atoms with E-state index in [4.69, 9.17) is 0 Å². The summed E-state index contributed by atoms with van der Waals surface area (Å²) in [5, 5.41) is 6.44. The average Bonchev–Trinajstić information content (AvgIpc) is 3.43. The number of carbonyl (C=O) groups excluding carboxylic acids is 2. The maximum Gasteiger partial charge on any atom is 2.00 e. The number of piperazine rings is 2. The van der Waals surface area contributed by atoms with E-state index >= 15 is 0 Å². The Morgan fingerprint density at radius 3 is 1.22 bits per heavy atom. The number of rotatable bonds is 2. The van der Waals surface area contributed by atoms with Gasteiger partial charge in [0.1, 0.15) is 0 Å². The van der Waals surface area contributed by atoms with E-state index in [2.05, 4.69) is 10.6 Å². The molecule has 7 heteroatoms. The van der Waals surface area contributed by atoms with E-state index < -0.39 is 0 Å². The Morgan fingerprint density at radius 2 is 0.926 bits per heavy atom. The summed E-state index contributed by atoms with van der Waals surface area (Å²) >= 11 is 0. The molecule has 4 rings (SSSR count). The first kappa shape index (κ1) is 22.7. The summed E-state index contributed by atoms with van der Waals surface area (Å²) in [6, 6.07) is 0. The van der Waals surface area contributed by atoms with E-state index in [0.29, 0.717) is 0 Å². The van der Waals surface area contributed by atoms with Gasteiger partial charge in [0.25, 0.3) is 0 Å². The summed E-state index contributed by atoms with van der Waals surface area (Å²) in [4.78, 5) is 27.3. The fourth-order valence-corrected chi connectivity index (χ4v) is 3.13. The largest absolute Gasteiger partial charge is 2.00 e. The second kappa shape index (κ2) is 12.1. The third-order valence-electron chi connectivity index (χ3n) is 4.63. The molecule has 4 fully saturated rings. The molecule has 27 heavy (non-hydrogen) atoms. The monoisotopic (exact) mass is 410 g/mol. The third-order valence-corrected chi connectivity index (χ3v) is 4.63. The van der Waals surface area contributed by atoms with Crippen LogP contribution in [0.15, 0.2) is 0 Å². The predicted octanol–water partition coefficient (Wildman–Crippen LogP) is -0.356. The number of hydrogen-bond acceptors (Lipinski definition) is 4. The molecule has 144 valence electrons. The third kappa shape index (κ3) is 6.74. The summed E-state index contributed by atoms with van der Waals surface area (Å²) in [7, 11) is 0. The molecule has 2 saturated heterocycles. The van der Waals surface area contributed by atoms with Crippen LogP contribution in [0.3, 0.4) is 0 Å². The first-order chi connectivity index (χ1) is 12.8. The van der Waals surface area contributed by atoms with Crippen molar-refractivity contribution in [2.45, 2.75) is 0 Å². The number of nitrogens with zero attached hydrogens (tertiary/aromatic N) is 2. The van der Waals surface area contributed by atoms with Crippen LogP contribution in [-0.2, 0) is 26.7 Å². The summed E-state index contributed by atoms with van der Waals surface area (Å²) in [6.07, 6.45) is 15.1. The average molecular weight is 410 g/mol. The van der Waals surface area contributed by atoms with Gasteiger partial charge in [0, 0.05) is 52.4 Å². The first-order valence-corrected chi connectivity index (χ1v) is 9.19. The summed E-state index contributed by atoms with van der Waals surface area (Å²) in [6.45, 7) is 6.93. The van der Waals surface area contributed by atoms with Crippen molar-refractivity contribution in [2.24, 2.45) is 0 Å². The molecule has 2 aliphatic heterocycles. The molecule has 0 spiro atoms. The van der Waals surface area contributed by atoms with Gasteiger partial charge < -0.3 is 20.4 Å². The number of carbonyl (C=O) groups is 2. The van der Waals surface area contributed by atoms with Gasteiger partial charge in [0.05, 0.1) is 11.8 Å². The Balaban J connectivity index is 0.000000187. The van der Waals surface area contributed by atoms with Crippen LogP contribution in [0.1, 0.15) is 0 Å². The van der Waals surface area contributed by atoms with Crippen molar-refractivity contribution in [1.29, 1.82) is 0 Å². The predicted molar refractivity (Wildman–Crippen MR) is 99.8 cm³/mol. The van der Waals surface area contributed by atoms with Crippen LogP contribution >= 0.6 is 0 Å². The maximum atomic E-state index is 11.8. The van der Waals surface area contributed by atoms with Crippen LogP contribution in [-0.4, -0.2) is 74.0 Å². The van der Waals surface area contributed by atoms with Crippen LogP contribution in [0, 0.1) is 63.2 Å². The van der Waals surface area contributed by atoms with Crippen molar-refractivity contribution in [2.75, 3.05) is 52.4 Å². The zero-order chi connectivity index (χ0) is 18.2. The number of hydrogen-bond donors (Lipinski definition) is 2. The van der Waals surface area contributed by atoms with Crippen molar-refractivity contribution in [3.8, 4) is 0 Å². The molecule has 6 nitrogen and oxygen atoms in total. The molecule has 0 aromatic carbocycles. The topological polar surface area (TPSA) is 64.7 Å². The minimum absolute atomic E-state index is 0. The molecule has 0 aromatic rings. The molecule has 10 radical (unpaired) electrons. The smallest absolute Gasteiger partial charge is 0.340 e. The molecule has 2 heterocycles. The first-order valence-electron chi connectivity index (χ1n) is 9.19. The van der Waals surface area contributed by atoms with Gasteiger partial charge in [-0.3, -0.25) is 9.59 Å². The quantitative estimate of drug-likeness (QED) is 0.611. The van der Waals surface area contributed by atoms with Crippen molar-refractivity contribution in [3.63, 3.8) is 0 Å². The van der Waals surface area contributed by atoms with Gasteiger partial charge in [0.15, 0.2) is 0 Å². The van der Waals surface area contributed by atoms with Crippen LogP contribution in [0.4, 0.5) is 0 Å². The molecule has 0 atom stereocenters. The fraction of sp³-hybridized carbons (Fsp3) is 0.400. The summed E-state index contributed by atoms with van der Waals surface area (Å²) in [5.74, 6) is 1.93. The normalized spacial score (nSPS) is 24.1. The second-order valence-electron chi connectivity index (χ2n) is 6.43. The standard InChI is InChI=1S/2C10H13N2O.Fe/c2*13-10(9-3-1-2-4-9)12-7-5-11-6-8-12;/h2*1-4,11H,5-8H2;/q;;+2. The molecule has 0 bridgehead atoms. The van der Waals surface area contributed by atoms with E-state index in [1.54, 1.807) is 0 Å². The van der Waals surface area contributed by atoms with Gasteiger partial charge in [0.2, 0.25) is 11.8 Å². The van der Waals surface area contributed by atoms with E-state index in [1.165, 1.54) is 0 Å². The van der Waals surface area contributed by atoms with Gasteiger partial charge in [-0.05, 0) is 51.4 Å². The fourth-order valence-electron chi connectivity index (χ4n) is 3.13. The molecule has 2 amide bonds. The Kier molecular flexibility index (Phi) is 10.1. The van der Waals surface area contributed by atoms with Gasteiger partial charge in [-0.2, -0.15) is 0 Å². The van der Waals surface area contributed by atoms with Crippen LogP contribution in [0.5, 0.6) is 0 Å². The molecule has 2 saturated carbocycles. The minimum atomic E-state index is 0. The zero-order valence-corrected chi connectivity index (χ0v) is 16.4. The zero-order valence-electron chi connectivity index (χ0n) is 15.3. The summed E-state index contributed by atoms with van der Waals surface area (Å²) < 4.78 is 0. The van der Waals surface area contributed by atoms with Crippen molar-refractivity contribution < 1.29 is 26.7 Å². The molecule has 0 unspecified atom stereocenters. The SMILES string of the molecule is O=C([C]1[CH][CH][CH][CH]1)N1CCNCC1.O=C([C]1[CH][CH][CH][CH]1)N1CCNCC1.[Fe+2].